The number of benzene rings is 18. The molecule has 26 rings (SSSR count). The molecule has 0 saturated carbocycles. The molecule has 10 nitrogen and oxygen atoms in total. The van der Waals surface area contributed by atoms with Crippen LogP contribution in [0.25, 0.3) is 164 Å². The van der Waals surface area contributed by atoms with E-state index < -0.39 is 0 Å². The number of rotatable bonds is 16. The Kier molecular flexibility index (Phi) is 17.1. The van der Waals surface area contributed by atoms with Crippen molar-refractivity contribution in [2.45, 2.75) is 66.2 Å². The molecule has 10 heteroatoms. The molecule has 0 N–H and O–H groups in total. The highest BCUT2D eigenvalue weighted by Gasteiger charge is 2.35. The van der Waals surface area contributed by atoms with Crippen molar-refractivity contribution >= 4 is 232 Å². The van der Waals surface area contributed by atoms with Crippen LogP contribution in [0.4, 0.5) is 68.2 Å². The summed E-state index contributed by atoms with van der Waals surface area (Å²) in [5.41, 5.74) is 31.4. The summed E-state index contributed by atoms with van der Waals surface area (Å²) in [6.07, 6.45) is 1.95. The first-order chi connectivity index (χ1) is 63.1. The van der Waals surface area contributed by atoms with Gasteiger partial charge in [-0.15, -0.1) is 0 Å². The number of hydrogen-bond donors (Lipinski definition) is 0. The van der Waals surface area contributed by atoms with Crippen LogP contribution in [0.1, 0.15) is 75.6 Å². The molecule has 612 valence electrons. The first kappa shape index (κ1) is 74.6. The maximum absolute atomic E-state index is 7.10. The number of para-hydroxylation sites is 10. The van der Waals surface area contributed by atoms with Gasteiger partial charge in [-0.05, 0) is 193 Å². The molecular formula is C118H86N6O4. The van der Waals surface area contributed by atoms with Crippen LogP contribution in [-0.2, 0) is 12.8 Å². The lowest BCUT2D eigenvalue weighted by Crippen LogP contribution is -2.11. The summed E-state index contributed by atoms with van der Waals surface area (Å²) < 4.78 is 33.3. The van der Waals surface area contributed by atoms with E-state index in [9.17, 15) is 0 Å². The normalized spacial score (nSPS) is 12.2. The average Bonchev–Trinajstić information content (AvgIpc) is 1.51. The molecule has 8 aromatic heterocycles. The Hall–Kier alpha value is -16.0. The van der Waals surface area contributed by atoms with Gasteiger partial charge in [-0.3, -0.25) is 0 Å². The van der Waals surface area contributed by atoms with E-state index in [1.807, 2.05) is 0 Å². The second-order valence-electron chi connectivity index (χ2n) is 34.7. The van der Waals surface area contributed by atoms with Gasteiger partial charge in [0.2, 0.25) is 0 Å². The Morgan fingerprint density at radius 2 is 0.422 bits per heavy atom. The highest BCUT2D eigenvalue weighted by atomic mass is 16.3. The van der Waals surface area contributed by atoms with Gasteiger partial charge in [-0.25, -0.2) is 0 Å². The second-order valence-corrected chi connectivity index (χ2v) is 34.7. The van der Waals surface area contributed by atoms with Crippen molar-refractivity contribution in [2.24, 2.45) is 0 Å². The largest absolute Gasteiger partial charge is 0.454 e. The maximum Gasteiger partial charge on any atom is 0.160 e. The molecule has 0 fully saturated rings. The maximum atomic E-state index is 7.10. The molecule has 0 unspecified atom stereocenters. The fourth-order valence-corrected chi connectivity index (χ4v) is 20.8. The van der Waals surface area contributed by atoms with Crippen molar-refractivity contribution in [1.29, 1.82) is 0 Å². The Bertz CT molecular complexity index is 8330. The number of furan rings is 4. The minimum Gasteiger partial charge on any atom is -0.454 e. The average molecular weight is 1650 g/mol. The van der Waals surface area contributed by atoms with E-state index >= 15 is 0 Å². The van der Waals surface area contributed by atoms with Crippen molar-refractivity contribution < 1.29 is 17.7 Å². The Labute approximate surface area is 738 Å². The molecule has 8 heterocycles. The molecule has 0 saturated heterocycles. The smallest absolute Gasteiger partial charge is 0.160 e. The number of anilines is 12. The van der Waals surface area contributed by atoms with Crippen LogP contribution in [0.15, 0.2) is 394 Å². The summed E-state index contributed by atoms with van der Waals surface area (Å²) in [5, 5.41) is 17.6. The second kappa shape index (κ2) is 29.3. The molecule has 26 aromatic rings. The van der Waals surface area contributed by atoms with Gasteiger partial charge in [0, 0.05) is 132 Å². The predicted molar refractivity (Wildman–Crippen MR) is 537 cm³/mol. The summed E-state index contributed by atoms with van der Waals surface area (Å²) in [6, 6.07) is 136. The van der Waals surface area contributed by atoms with Crippen molar-refractivity contribution in [3.63, 3.8) is 0 Å². The molecule has 0 amide bonds. The highest BCUT2D eigenvalue weighted by molar-refractivity contribution is 6.38. The molecule has 0 aliphatic heterocycles. The van der Waals surface area contributed by atoms with E-state index in [4.69, 9.17) is 17.7 Å². The standard InChI is InChI=1S/C60H45N3O2.C58H41N3O2/c1-36(2)38-26-30-42(31-27-38)61(40-16-7-5-8-17-40)50-34-48-44-20-11-13-24-52(44)64-59(48)57-54(50)46-22-15-23-47-55-51(62(41-18-9-6-10-19-41)43-32-28-39(29-33-43)37(3)4)35-49-45-21-12-14-25-53(45)65-60(49)58(55)63(57)56(46)47;1-3-36-26-30-40(31-27-36)59(38-16-7-5-8-17-38)48-34-46-42-20-11-13-24-50(42)62-57(46)55-52(48)44-22-15-23-45-53-49(60(39-18-9-6-10-19-39)41-32-28-37(4-2)29-33-41)35-47-43-21-12-14-25-51(43)63-58(47)56(53)61(55)54(44)45/h5-37H,1-4H3;5-35H,3-4H2,1-2H3. The molecule has 128 heavy (non-hydrogen) atoms. The lowest BCUT2D eigenvalue weighted by atomic mass is 9.99. The van der Waals surface area contributed by atoms with Crippen LogP contribution in [0.3, 0.4) is 0 Å². The third kappa shape index (κ3) is 11.3. The summed E-state index contributed by atoms with van der Waals surface area (Å²) in [4.78, 5) is 9.70. The number of nitrogens with zero attached hydrogens (tertiary/aromatic N) is 6. The van der Waals surface area contributed by atoms with Crippen molar-refractivity contribution in [3.8, 4) is 0 Å². The van der Waals surface area contributed by atoms with Crippen LogP contribution in [0.5, 0.6) is 0 Å². The fraction of sp³-hybridized carbons (Fsp3) is 0.0847. The van der Waals surface area contributed by atoms with Crippen LogP contribution in [0, 0.1) is 0 Å². The van der Waals surface area contributed by atoms with E-state index in [0.29, 0.717) is 11.8 Å². The van der Waals surface area contributed by atoms with Crippen LogP contribution in [-0.4, -0.2) is 8.80 Å². The van der Waals surface area contributed by atoms with Crippen molar-refractivity contribution in [3.05, 3.63) is 398 Å². The first-order valence-corrected chi connectivity index (χ1v) is 44.7. The van der Waals surface area contributed by atoms with E-state index in [2.05, 4.69) is 446 Å². The van der Waals surface area contributed by atoms with Gasteiger partial charge in [-0.1, -0.05) is 272 Å². The monoisotopic (exact) mass is 1650 g/mol. The molecule has 0 aliphatic rings. The topological polar surface area (TPSA) is 74.3 Å². The van der Waals surface area contributed by atoms with Gasteiger partial charge in [0.25, 0.3) is 0 Å². The minimum absolute atomic E-state index is 0.418. The zero-order chi connectivity index (χ0) is 85.3. The number of hydrogen-bond acceptors (Lipinski definition) is 8. The van der Waals surface area contributed by atoms with E-state index in [0.717, 1.165) is 245 Å². The third-order valence-corrected chi connectivity index (χ3v) is 26.8. The molecule has 0 atom stereocenters. The molecule has 0 bridgehead atoms. The van der Waals surface area contributed by atoms with E-state index in [1.165, 1.54) is 22.3 Å². The summed E-state index contributed by atoms with van der Waals surface area (Å²) in [7, 11) is 0. The summed E-state index contributed by atoms with van der Waals surface area (Å²) in [5.74, 6) is 0.835. The molecule has 0 radical (unpaired) electrons. The van der Waals surface area contributed by atoms with Gasteiger partial charge in [0.1, 0.15) is 44.4 Å². The summed E-state index contributed by atoms with van der Waals surface area (Å²) in [6.45, 7) is 13.4. The predicted octanol–water partition coefficient (Wildman–Crippen LogP) is 34.5. The van der Waals surface area contributed by atoms with Crippen molar-refractivity contribution in [1.82, 2.24) is 8.80 Å². The van der Waals surface area contributed by atoms with Gasteiger partial charge >= 0.3 is 0 Å². The van der Waals surface area contributed by atoms with Gasteiger partial charge in [-0.2, -0.15) is 0 Å². The fourth-order valence-electron chi connectivity index (χ4n) is 20.8. The SMILES string of the molecule is CC(C)c1ccc(N(c2ccccc2)c2cc3c4ccccc4oc3c3c2c2cccc4c5c(N(c6ccccc6)c6ccc(C(C)C)cc6)cc6c7ccccc7oc6c5n3c24)cc1.CCc1ccc(N(c2ccccc2)c2cc3c4ccccc4oc3c3c2c2cccc4c5c(N(c6ccccc6)c6ccc(CC)cc6)cc6c7ccccc7oc6c5n3c24)cc1. The van der Waals surface area contributed by atoms with Gasteiger partial charge in [0.15, 0.2) is 22.3 Å². The number of aromatic nitrogens is 2. The molecule has 18 aromatic carbocycles. The van der Waals surface area contributed by atoms with E-state index in [-0.39, 0.29) is 0 Å². The quantitative estimate of drug-likeness (QED) is 0.0947. The summed E-state index contributed by atoms with van der Waals surface area (Å²) >= 11 is 0. The number of aryl methyl sites for hydroxylation is 2. The van der Waals surface area contributed by atoms with Crippen LogP contribution < -0.4 is 19.6 Å². The Morgan fingerprint density at radius 1 is 0.211 bits per heavy atom. The molecule has 0 aliphatic carbocycles. The van der Waals surface area contributed by atoms with Crippen LogP contribution >= 0.6 is 0 Å². The first-order valence-electron chi connectivity index (χ1n) is 44.7. The Balaban J connectivity index is 0.000000139. The van der Waals surface area contributed by atoms with Gasteiger partial charge in [0.05, 0.1) is 33.8 Å². The van der Waals surface area contributed by atoms with Crippen LogP contribution in [0.2, 0.25) is 0 Å². The third-order valence-electron chi connectivity index (χ3n) is 26.8. The number of fused-ring (bicyclic) bond motifs is 28. The minimum atomic E-state index is 0.418. The lowest BCUT2D eigenvalue weighted by molar-refractivity contribution is 0.669. The Morgan fingerprint density at radius 3 is 0.656 bits per heavy atom. The van der Waals surface area contributed by atoms with E-state index in [1.54, 1.807) is 0 Å². The van der Waals surface area contributed by atoms with Gasteiger partial charge < -0.3 is 46.1 Å². The zero-order valence-corrected chi connectivity index (χ0v) is 71.7. The van der Waals surface area contributed by atoms with Crippen molar-refractivity contribution in [2.75, 3.05) is 19.6 Å². The highest BCUT2D eigenvalue weighted by Crippen LogP contribution is 2.58. The molecular weight excluding hydrogens is 1570 g/mol. The lowest BCUT2D eigenvalue weighted by Gasteiger charge is -2.27. The molecule has 0 spiro atoms. The zero-order valence-electron chi connectivity index (χ0n) is 71.7.